The SMILES string of the molecule is Cc1noc(C)c1CN1CCC2(CC1)c1ccccc1[C@@H](N(C)C)[C@@H]2O. The number of likely N-dealkylation sites (N-methyl/N-ethyl adjacent to an activating group) is 1. The van der Waals surface area contributed by atoms with E-state index in [0.717, 1.165) is 43.9 Å². The molecule has 140 valence electrons. The lowest BCUT2D eigenvalue weighted by Crippen LogP contribution is -2.49. The van der Waals surface area contributed by atoms with Crippen LogP contribution in [0, 0.1) is 13.8 Å². The third-order valence-electron chi connectivity index (χ3n) is 6.55. The van der Waals surface area contributed by atoms with Crippen LogP contribution in [0.1, 0.15) is 47.0 Å². The molecule has 0 saturated carbocycles. The second kappa shape index (κ2) is 6.48. The zero-order chi connectivity index (χ0) is 18.5. The Labute approximate surface area is 155 Å². The van der Waals surface area contributed by atoms with Gasteiger partial charge in [-0.15, -0.1) is 0 Å². The van der Waals surface area contributed by atoms with Crippen molar-refractivity contribution in [3.63, 3.8) is 0 Å². The van der Waals surface area contributed by atoms with E-state index >= 15 is 0 Å². The van der Waals surface area contributed by atoms with Gasteiger partial charge in [-0.3, -0.25) is 4.90 Å². The van der Waals surface area contributed by atoms with Crippen LogP contribution in [0.15, 0.2) is 28.8 Å². The van der Waals surface area contributed by atoms with Gasteiger partial charge in [-0.25, -0.2) is 0 Å². The number of fused-ring (bicyclic) bond motifs is 2. The predicted molar refractivity (Wildman–Crippen MR) is 101 cm³/mol. The Morgan fingerprint density at radius 1 is 1.23 bits per heavy atom. The lowest BCUT2D eigenvalue weighted by Gasteiger charge is -2.43. The summed E-state index contributed by atoms with van der Waals surface area (Å²) in [6, 6.07) is 8.70. The molecule has 5 heteroatoms. The lowest BCUT2D eigenvalue weighted by molar-refractivity contribution is -0.00400. The minimum Gasteiger partial charge on any atom is -0.390 e. The number of piperidine rings is 1. The van der Waals surface area contributed by atoms with E-state index in [4.69, 9.17) is 4.52 Å². The van der Waals surface area contributed by atoms with E-state index in [9.17, 15) is 5.11 Å². The first-order valence-corrected chi connectivity index (χ1v) is 9.52. The van der Waals surface area contributed by atoms with Crippen molar-refractivity contribution >= 4 is 0 Å². The lowest BCUT2D eigenvalue weighted by atomic mass is 9.72. The van der Waals surface area contributed by atoms with Gasteiger partial charge in [0.2, 0.25) is 0 Å². The Hall–Kier alpha value is -1.69. The van der Waals surface area contributed by atoms with E-state index in [1.54, 1.807) is 0 Å². The van der Waals surface area contributed by atoms with E-state index in [-0.39, 0.29) is 17.6 Å². The second-order valence-corrected chi connectivity index (χ2v) is 8.18. The summed E-state index contributed by atoms with van der Waals surface area (Å²) < 4.78 is 5.31. The Morgan fingerprint density at radius 3 is 2.54 bits per heavy atom. The molecule has 26 heavy (non-hydrogen) atoms. The van der Waals surface area contributed by atoms with Crippen LogP contribution in [0.3, 0.4) is 0 Å². The van der Waals surface area contributed by atoms with Crippen molar-refractivity contribution in [2.75, 3.05) is 27.2 Å². The van der Waals surface area contributed by atoms with Crippen molar-refractivity contribution < 1.29 is 9.63 Å². The minimum absolute atomic E-state index is 0.0836. The molecule has 2 aliphatic rings. The molecule has 1 spiro atoms. The molecule has 1 fully saturated rings. The largest absolute Gasteiger partial charge is 0.390 e. The fourth-order valence-corrected chi connectivity index (χ4v) is 5.03. The Morgan fingerprint density at radius 2 is 1.92 bits per heavy atom. The number of benzene rings is 1. The summed E-state index contributed by atoms with van der Waals surface area (Å²) in [5.74, 6) is 0.918. The summed E-state index contributed by atoms with van der Waals surface area (Å²) in [6.07, 6.45) is 1.62. The second-order valence-electron chi connectivity index (χ2n) is 8.18. The van der Waals surface area contributed by atoms with Crippen LogP contribution in [0.25, 0.3) is 0 Å². The summed E-state index contributed by atoms with van der Waals surface area (Å²) in [5.41, 5.74) is 4.72. The minimum atomic E-state index is -0.351. The maximum absolute atomic E-state index is 11.3. The molecule has 0 unspecified atom stereocenters. The molecule has 1 aromatic carbocycles. The molecular formula is C21H29N3O2. The van der Waals surface area contributed by atoms with Gasteiger partial charge in [0.1, 0.15) is 5.76 Å². The summed E-state index contributed by atoms with van der Waals surface area (Å²) in [7, 11) is 4.13. The molecule has 0 radical (unpaired) electrons. The van der Waals surface area contributed by atoms with Gasteiger partial charge < -0.3 is 14.5 Å². The van der Waals surface area contributed by atoms with Crippen molar-refractivity contribution in [3.8, 4) is 0 Å². The van der Waals surface area contributed by atoms with Gasteiger partial charge in [0.15, 0.2) is 0 Å². The Kier molecular flexibility index (Phi) is 4.41. The zero-order valence-electron chi connectivity index (χ0n) is 16.2. The number of hydrogen-bond donors (Lipinski definition) is 1. The summed E-state index contributed by atoms with van der Waals surface area (Å²) in [6.45, 7) is 6.84. The molecule has 1 saturated heterocycles. The molecule has 0 amide bonds. The van der Waals surface area contributed by atoms with Gasteiger partial charge in [0, 0.05) is 17.5 Å². The van der Waals surface area contributed by atoms with Gasteiger partial charge in [-0.05, 0) is 65.0 Å². The maximum atomic E-state index is 11.3. The summed E-state index contributed by atoms with van der Waals surface area (Å²) in [4.78, 5) is 4.63. The zero-order valence-corrected chi connectivity index (χ0v) is 16.2. The summed E-state index contributed by atoms with van der Waals surface area (Å²) in [5, 5.41) is 15.4. The van der Waals surface area contributed by atoms with Crippen molar-refractivity contribution in [2.24, 2.45) is 0 Å². The van der Waals surface area contributed by atoms with Crippen LogP contribution in [-0.4, -0.2) is 53.4 Å². The molecular weight excluding hydrogens is 326 g/mol. The summed E-state index contributed by atoms with van der Waals surface area (Å²) >= 11 is 0. The van der Waals surface area contributed by atoms with Crippen LogP contribution < -0.4 is 0 Å². The number of nitrogens with zero attached hydrogens (tertiary/aromatic N) is 3. The molecule has 5 nitrogen and oxygen atoms in total. The smallest absolute Gasteiger partial charge is 0.138 e. The fraction of sp³-hybridized carbons (Fsp3) is 0.571. The first-order chi connectivity index (χ1) is 12.4. The molecule has 1 aliphatic heterocycles. The average molecular weight is 355 g/mol. The quantitative estimate of drug-likeness (QED) is 0.918. The van der Waals surface area contributed by atoms with E-state index in [1.807, 2.05) is 13.8 Å². The standard InChI is InChI=1S/C21H29N3O2/c1-14-17(15(2)26-22-14)13-24-11-9-21(10-12-24)18-8-6-5-7-16(18)19(20(21)25)23(3)4/h5-8,19-20,25H,9-13H2,1-4H3/t19-,20+/m1/s1. The van der Waals surface area contributed by atoms with Crippen molar-refractivity contribution in [3.05, 3.63) is 52.4 Å². The van der Waals surface area contributed by atoms with Gasteiger partial charge in [0.25, 0.3) is 0 Å². The monoisotopic (exact) mass is 355 g/mol. The molecule has 4 rings (SSSR count). The van der Waals surface area contributed by atoms with E-state index in [0.29, 0.717) is 0 Å². The first-order valence-electron chi connectivity index (χ1n) is 9.52. The molecule has 2 atom stereocenters. The van der Waals surface area contributed by atoms with Crippen LogP contribution >= 0.6 is 0 Å². The van der Waals surface area contributed by atoms with E-state index in [1.165, 1.54) is 16.7 Å². The Bertz CT molecular complexity index is 771. The van der Waals surface area contributed by atoms with Gasteiger partial charge in [-0.1, -0.05) is 29.4 Å². The van der Waals surface area contributed by atoms with Gasteiger partial charge >= 0.3 is 0 Å². The fourth-order valence-electron chi connectivity index (χ4n) is 5.03. The van der Waals surface area contributed by atoms with Crippen molar-refractivity contribution in [1.82, 2.24) is 15.0 Å². The highest BCUT2D eigenvalue weighted by Crippen LogP contribution is 2.52. The number of aliphatic hydroxyl groups excluding tert-OH is 1. The van der Waals surface area contributed by atoms with Crippen LogP contribution in [0.5, 0.6) is 0 Å². The molecule has 0 bridgehead atoms. The maximum Gasteiger partial charge on any atom is 0.138 e. The van der Waals surface area contributed by atoms with E-state index in [2.05, 4.69) is 53.3 Å². The molecule has 1 aromatic heterocycles. The number of aromatic nitrogens is 1. The third-order valence-corrected chi connectivity index (χ3v) is 6.55. The van der Waals surface area contributed by atoms with Crippen LogP contribution in [-0.2, 0) is 12.0 Å². The number of aliphatic hydroxyl groups is 1. The number of aryl methyl sites for hydroxylation is 2. The van der Waals surface area contributed by atoms with E-state index < -0.39 is 0 Å². The van der Waals surface area contributed by atoms with Crippen LogP contribution in [0.2, 0.25) is 0 Å². The third kappa shape index (κ3) is 2.61. The highest BCUT2D eigenvalue weighted by Gasteiger charge is 2.53. The highest BCUT2D eigenvalue weighted by molar-refractivity contribution is 5.45. The van der Waals surface area contributed by atoms with Crippen molar-refractivity contribution in [2.45, 2.75) is 50.8 Å². The number of likely N-dealkylation sites (tertiary alicyclic amines) is 1. The first kappa shape index (κ1) is 17.7. The highest BCUT2D eigenvalue weighted by atomic mass is 16.5. The van der Waals surface area contributed by atoms with Gasteiger partial charge in [-0.2, -0.15) is 0 Å². The number of hydrogen-bond acceptors (Lipinski definition) is 5. The molecule has 1 aliphatic carbocycles. The Balaban J connectivity index is 1.56. The molecule has 2 aromatic rings. The van der Waals surface area contributed by atoms with Gasteiger partial charge in [0.05, 0.1) is 17.8 Å². The predicted octanol–water partition coefficient (Wildman–Crippen LogP) is 2.80. The molecule has 1 N–H and O–H groups in total. The van der Waals surface area contributed by atoms with Crippen LogP contribution in [0.4, 0.5) is 0 Å². The molecule has 2 heterocycles. The normalized spacial score (nSPS) is 25.2. The average Bonchev–Trinajstić information content (AvgIpc) is 3.06. The number of rotatable bonds is 3. The van der Waals surface area contributed by atoms with Crippen molar-refractivity contribution in [1.29, 1.82) is 0 Å². The topological polar surface area (TPSA) is 52.7 Å².